The molecule has 0 spiro atoms. The normalized spacial score (nSPS) is 18.9. The highest BCUT2D eigenvalue weighted by Gasteiger charge is 2.51. The van der Waals surface area contributed by atoms with Gasteiger partial charge >= 0.3 is 0 Å². The van der Waals surface area contributed by atoms with Crippen LogP contribution in [0.5, 0.6) is 0 Å². The van der Waals surface area contributed by atoms with Crippen LogP contribution in [0.3, 0.4) is 0 Å². The molecule has 0 radical (unpaired) electrons. The van der Waals surface area contributed by atoms with Gasteiger partial charge in [-0.25, -0.2) is 0 Å². The molecule has 17 heavy (non-hydrogen) atoms. The summed E-state index contributed by atoms with van der Waals surface area (Å²) in [5.74, 6) is 0. The van der Waals surface area contributed by atoms with Gasteiger partial charge in [0.1, 0.15) is 0 Å². The Kier molecular flexibility index (Phi) is 2.57. The van der Waals surface area contributed by atoms with E-state index in [0.717, 1.165) is 17.7 Å². The zero-order chi connectivity index (χ0) is 11.9. The number of rotatable bonds is 3. The summed E-state index contributed by atoms with van der Waals surface area (Å²) in [4.78, 5) is 1.13. The molecule has 1 aromatic heterocycles. The van der Waals surface area contributed by atoms with Crippen LogP contribution in [0, 0.1) is 6.92 Å². The van der Waals surface area contributed by atoms with Gasteiger partial charge in [-0.2, -0.15) is 0 Å². The monoisotopic (exact) mass is 244 g/mol. The molecule has 1 aliphatic carbocycles. The molecular weight excluding hydrogens is 228 g/mol. The van der Waals surface area contributed by atoms with Gasteiger partial charge in [0.25, 0.3) is 0 Å². The number of aliphatic hydroxyl groups is 1. The molecule has 1 fully saturated rings. The van der Waals surface area contributed by atoms with E-state index in [2.05, 4.69) is 42.6 Å². The van der Waals surface area contributed by atoms with Crippen molar-refractivity contribution in [2.75, 3.05) is 0 Å². The first-order chi connectivity index (χ1) is 8.24. The number of thiophene rings is 1. The number of aliphatic hydroxyl groups excluding tert-OH is 1. The Bertz CT molecular complexity index is 511. The van der Waals surface area contributed by atoms with Crippen LogP contribution in [0.2, 0.25) is 0 Å². The van der Waals surface area contributed by atoms with Crippen molar-refractivity contribution in [3.8, 4) is 0 Å². The Hall–Kier alpha value is -1.12. The van der Waals surface area contributed by atoms with Crippen molar-refractivity contribution >= 4 is 11.3 Å². The standard InChI is InChI=1S/C15H16OS/c1-11-7-10-17-13(11)14(16)15(8-9-15)12-5-3-2-4-6-12/h2-7,10,14,16H,8-9H2,1H3. The zero-order valence-electron chi connectivity index (χ0n) is 9.89. The molecule has 1 aromatic carbocycles. The molecule has 88 valence electrons. The largest absolute Gasteiger partial charge is 0.387 e. The predicted octanol–water partition coefficient (Wildman–Crippen LogP) is 3.82. The van der Waals surface area contributed by atoms with Crippen LogP contribution in [0.25, 0.3) is 0 Å². The minimum absolute atomic E-state index is 0.0170. The van der Waals surface area contributed by atoms with Gasteiger partial charge in [-0.05, 0) is 42.3 Å². The Morgan fingerprint density at radius 2 is 1.88 bits per heavy atom. The zero-order valence-corrected chi connectivity index (χ0v) is 10.7. The summed E-state index contributed by atoms with van der Waals surface area (Å²) in [5, 5.41) is 12.7. The van der Waals surface area contributed by atoms with Gasteiger partial charge in [-0.1, -0.05) is 30.3 Å². The number of aryl methyl sites for hydroxylation is 1. The topological polar surface area (TPSA) is 20.2 Å². The molecule has 0 amide bonds. The quantitative estimate of drug-likeness (QED) is 0.870. The molecule has 0 bridgehead atoms. The van der Waals surface area contributed by atoms with Crippen LogP contribution in [0.1, 0.15) is 34.9 Å². The molecule has 1 saturated carbocycles. The van der Waals surface area contributed by atoms with Crippen molar-refractivity contribution in [1.29, 1.82) is 0 Å². The molecule has 1 N–H and O–H groups in total. The van der Waals surface area contributed by atoms with E-state index < -0.39 is 0 Å². The average molecular weight is 244 g/mol. The first kappa shape index (κ1) is 11.0. The van der Waals surface area contributed by atoms with Crippen LogP contribution in [0.15, 0.2) is 41.8 Å². The summed E-state index contributed by atoms with van der Waals surface area (Å²) in [6, 6.07) is 12.5. The fraction of sp³-hybridized carbons (Fsp3) is 0.333. The van der Waals surface area contributed by atoms with Crippen molar-refractivity contribution < 1.29 is 5.11 Å². The predicted molar refractivity (Wildman–Crippen MR) is 71.4 cm³/mol. The fourth-order valence-electron chi connectivity index (χ4n) is 2.54. The van der Waals surface area contributed by atoms with Gasteiger partial charge in [0.2, 0.25) is 0 Å². The SMILES string of the molecule is Cc1ccsc1C(O)C1(c2ccccc2)CC1. The summed E-state index contributed by atoms with van der Waals surface area (Å²) in [6.07, 6.45) is 1.84. The van der Waals surface area contributed by atoms with Gasteiger partial charge in [0.15, 0.2) is 0 Å². The maximum Gasteiger partial charge on any atom is 0.0980 e. The van der Waals surface area contributed by atoms with Crippen molar-refractivity contribution in [3.05, 3.63) is 57.8 Å². The highest BCUT2D eigenvalue weighted by atomic mass is 32.1. The van der Waals surface area contributed by atoms with E-state index in [1.807, 2.05) is 6.07 Å². The lowest BCUT2D eigenvalue weighted by atomic mass is 9.88. The van der Waals surface area contributed by atoms with Crippen LogP contribution in [-0.4, -0.2) is 5.11 Å². The van der Waals surface area contributed by atoms with Gasteiger partial charge in [-0.15, -0.1) is 11.3 Å². The van der Waals surface area contributed by atoms with Crippen molar-refractivity contribution in [3.63, 3.8) is 0 Å². The van der Waals surface area contributed by atoms with Crippen LogP contribution in [-0.2, 0) is 5.41 Å². The first-order valence-corrected chi connectivity index (χ1v) is 6.89. The van der Waals surface area contributed by atoms with E-state index in [1.165, 1.54) is 11.1 Å². The van der Waals surface area contributed by atoms with Crippen LogP contribution < -0.4 is 0 Å². The van der Waals surface area contributed by atoms with E-state index >= 15 is 0 Å². The lowest BCUT2D eigenvalue weighted by Crippen LogP contribution is -2.17. The molecule has 1 heterocycles. The van der Waals surface area contributed by atoms with Crippen LogP contribution >= 0.6 is 11.3 Å². The van der Waals surface area contributed by atoms with E-state index in [1.54, 1.807) is 11.3 Å². The molecule has 2 heteroatoms. The highest BCUT2D eigenvalue weighted by Crippen LogP contribution is 2.57. The van der Waals surface area contributed by atoms with Crippen LogP contribution in [0.4, 0.5) is 0 Å². The molecule has 1 aliphatic rings. The smallest absolute Gasteiger partial charge is 0.0980 e. The minimum Gasteiger partial charge on any atom is -0.387 e. The number of benzene rings is 1. The van der Waals surface area contributed by atoms with Gasteiger partial charge < -0.3 is 5.11 Å². The third kappa shape index (κ3) is 1.72. The maximum atomic E-state index is 10.6. The second-order valence-corrected chi connectivity index (χ2v) is 5.84. The van der Waals surface area contributed by atoms with Gasteiger partial charge in [-0.3, -0.25) is 0 Å². The Morgan fingerprint density at radius 3 is 2.41 bits per heavy atom. The molecule has 1 unspecified atom stereocenters. The number of hydrogen-bond donors (Lipinski definition) is 1. The maximum absolute atomic E-state index is 10.6. The lowest BCUT2D eigenvalue weighted by molar-refractivity contribution is 0.136. The molecule has 1 nitrogen and oxygen atoms in total. The van der Waals surface area contributed by atoms with Crippen molar-refractivity contribution in [2.45, 2.75) is 31.3 Å². The Morgan fingerprint density at radius 1 is 1.18 bits per heavy atom. The van der Waals surface area contributed by atoms with E-state index in [4.69, 9.17) is 0 Å². The summed E-state index contributed by atoms with van der Waals surface area (Å²) in [6.45, 7) is 2.08. The third-order valence-corrected chi connectivity index (χ3v) is 4.88. The Balaban J connectivity index is 1.97. The van der Waals surface area contributed by atoms with Gasteiger partial charge in [0, 0.05) is 10.3 Å². The van der Waals surface area contributed by atoms with E-state index in [0.29, 0.717) is 0 Å². The summed E-state index contributed by atoms with van der Waals surface area (Å²) >= 11 is 1.67. The van der Waals surface area contributed by atoms with Crippen molar-refractivity contribution in [1.82, 2.24) is 0 Å². The second kappa shape index (κ2) is 3.97. The molecule has 0 aliphatic heterocycles. The first-order valence-electron chi connectivity index (χ1n) is 6.02. The summed E-state index contributed by atoms with van der Waals surface area (Å²) in [7, 11) is 0. The molecule has 3 rings (SSSR count). The molecule has 1 atom stereocenters. The summed E-state index contributed by atoms with van der Waals surface area (Å²) in [5.41, 5.74) is 2.47. The average Bonchev–Trinajstić information content (AvgIpc) is 3.07. The lowest BCUT2D eigenvalue weighted by Gasteiger charge is -2.22. The van der Waals surface area contributed by atoms with E-state index in [9.17, 15) is 5.11 Å². The minimum atomic E-state index is -0.343. The van der Waals surface area contributed by atoms with E-state index in [-0.39, 0.29) is 11.5 Å². The van der Waals surface area contributed by atoms with Crippen molar-refractivity contribution in [2.24, 2.45) is 0 Å². The third-order valence-electron chi connectivity index (χ3n) is 3.81. The fourth-order valence-corrected chi connectivity index (χ4v) is 3.57. The highest BCUT2D eigenvalue weighted by molar-refractivity contribution is 7.10. The van der Waals surface area contributed by atoms with Gasteiger partial charge in [0.05, 0.1) is 6.10 Å². The molecule has 0 saturated heterocycles. The second-order valence-electron chi connectivity index (χ2n) is 4.89. The molecular formula is C15H16OS. The summed E-state index contributed by atoms with van der Waals surface area (Å²) < 4.78 is 0. The number of hydrogen-bond acceptors (Lipinski definition) is 2. The molecule has 2 aromatic rings. The Labute approximate surface area is 106 Å².